The van der Waals surface area contributed by atoms with Crippen LogP contribution in [0.2, 0.25) is 0 Å². The smallest absolute Gasteiger partial charge is 0.152 e. The van der Waals surface area contributed by atoms with Crippen molar-refractivity contribution in [2.24, 2.45) is 5.73 Å². The van der Waals surface area contributed by atoms with Gasteiger partial charge in [-0.1, -0.05) is 31.2 Å². The van der Waals surface area contributed by atoms with Crippen molar-refractivity contribution in [2.45, 2.75) is 31.6 Å². The van der Waals surface area contributed by atoms with E-state index < -0.39 is 21.1 Å². The predicted octanol–water partition coefficient (Wildman–Crippen LogP) is 1.82. The molecule has 0 aliphatic rings. The Bertz CT molecular complexity index is 454. The molecule has 0 aromatic heterocycles. The number of benzene rings is 1. The van der Waals surface area contributed by atoms with Gasteiger partial charge < -0.3 is 5.73 Å². The van der Waals surface area contributed by atoms with Gasteiger partial charge in [-0.25, -0.2) is 8.42 Å². The fourth-order valence-electron chi connectivity index (χ4n) is 1.98. The fraction of sp³-hybridized carbons (Fsp3) is 0.500. The Morgan fingerprint density at radius 3 is 2.31 bits per heavy atom. The van der Waals surface area contributed by atoms with Crippen molar-refractivity contribution >= 4 is 9.84 Å². The van der Waals surface area contributed by atoms with Crippen LogP contribution in [0.15, 0.2) is 24.3 Å². The van der Waals surface area contributed by atoms with Crippen molar-refractivity contribution in [1.82, 2.24) is 0 Å². The zero-order chi connectivity index (χ0) is 12.3. The molecular weight excluding hydrogens is 222 g/mol. The monoisotopic (exact) mass is 241 g/mol. The number of hydrogen-bond acceptors (Lipinski definition) is 3. The molecule has 0 unspecified atom stereocenters. The molecule has 0 aliphatic carbocycles. The molecular formula is C12H19NO2S. The van der Waals surface area contributed by atoms with E-state index in [0.29, 0.717) is 6.42 Å². The standard InChI is InChI=1S/C12H19NO2S/c1-4-11(16(3,14)15)12(13)10-8-6-5-7-9(10)2/h5-8,11-12H,4,13H2,1-3H3/t11-,12-/m1/s1. The van der Waals surface area contributed by atoms with E-state index in [2.05, 4.69) is 0 Å². The van der Waals surface area contributed by atoms with E-state index in [-0.39, 0.29) is 0 Å². The summed E-state index contributed by atoms with van der Waals surface area (Å²) >= 11 is 0. The lowest BCUT2D eigenvalue weighted by molar-refractivity contribution is 0.552. The Labute approximate surface area is 97.6 Å². The minimum Gasteiger partial charge on any atom is -0.323 e. The van der Waals surface area contributed by atoms with Crippen LogP contribution in [-0.2, 0) is 9.84 Å². The lowest BCUT2D eigenvalue weighted by atomic mass is 9.98. The Morgan fingerprint density at radius 2 is 1.88 bits per heavy atom. The van der Waals surface area contributed by atoms with Gasteiger partial charge in [-0.3, -0.25) is 0 Å². The molecule has 0 saturated heterocycles. The molecule has 0 bridgehead atoms. The highest BCUT2D eigenvalue weighted by atomic mass is 32.2. The second-order valence-corrected chi connectivity index (χ2v) is 6.42. The minimum atomic E-state index is -3.10. The summed E-state index contributed by atoms with van der Waals surface area (Å²) in [5.41, 5.74) is 8.01. The largest absolute Gasteiger partial charge is 0.323 e. The summed E-state index contributed by atoms with van der Waals surface area (Å²) in [4.78, 5) is 0. The van der Waals surface area contributed by atoms with Gasteiger partial charge >= 0.3 is 0 Å². The maximum absolute atomic E-state index is 11.6. The van der Waals surface area contributed by atoms with Gasteiger partial charge in [0.05, 0.1) is 5.25 Å². The van der Waals surface area contributed by atoms with Gasteiger partial charge in [-0.2, -0.15) is 0 Å². The van der Waals surface area contributed by atoms with E-state index in [4.69, 9.17) is 5.73 Å². The molecule has 1 rings (SSSR count). The topological polar surface area (TPSA) is 60.2 Å². The third-order valence-corrected chi connectivity index (χ3v) is 4.63. The molecule has 0 heterocycles. The molecule has 1 aromatic rings. The van der Waals surface area contributed by atoms with Gasteiger partial charge in [0.15, 0.2) is 9.84 Å². The summed E-state index contributed by atoms with van der Waals surface area (Å²) in [6.45, 7) is 3.80. The van der Waals surface area contributed by atoms with E-state index in [0.717, 1.165) is 11.1 Å². The van der Waals surface area contributed by atoms with Crippen molar-refractivity contribution in [1.29, 1.82) is 0 Å². The van der Waals surface area contributed by atoms with Crippen LogP contribution in [0.4, 0.5) is 0 Å². The maximum Gasteiger partial charge on any atom is 0.152 e. The molecule has 3 nitrogen and oxygen atoms in total. The first-order chi connectivity index (χ1) is 7.38. The van der Waals surface area contributed by atoms with E-state index >= 15 is 0 Å². The molecule has 90 valence electrons. The van der Waals surface area contributed by atoms with Crippen molar-refractivity contribution in [2.75, 3.05) is 6.26 Å². The lowest BCUT2D eigenvalue weighted by Crippen LogP contribution is -2.33. The van der Waals surface area contributed by atoms with Crippen LogP contribution in [0, 0.1) is 6.92 Å². The number of hydrogen-bond donors (Lipinski definition) is 1. The Morgan fingerprint density at radius 1 is 1.31 bits per heavy atom. The predicted molar refractivity (Wildman–Crippen MR) is 67.0 cm³/mol. The van der Waals surface area contributed by atoms with Gasteiger partial charge in [0.1, 0.15) is 0 Å². The van der Waals surface area contributed by atoms with Crippen LogP contribution in [0.5, 0.6) is 0 Å². The van der Waals surface area contributed by atoms with Crippen molar-refractivity contribution in [3.05, 3.63) is 35.4 Å². The first-order valence-corrected chi connectivity index (χ1v) is 7.33. The fourth-order valence-corrected chi connectivity index (χ4v) is 3.27. The summed E-state index contributed by atoms with van der Waals surface area (Å²) in [7, 11) is -3.10. The highest BCUT2D eigenvalue weighted by Crippen LogP contribution is 2.24. The second-order valence-electron chi connectivity index (χ2n) is 4.16. The average molecular weight is 241 g/mol. The number of nitrogens with two attached hydrogens (primary N) is 1. The molecule has 0 saturated carbocycles. The van der Waals surface area contributed by atoms with Gasteiger partial charge in [0.2, 0.25) is 0 Å². The van der Waals surface area contributed by atoms with Crippen LogP contribution < -0.4 is 5.73 Å². The highest BCUT2D eigenvalue weighted by Gasteiger charge is 2.27. The zero-order valence-electron chi connectivity index (χ0n) is 9.97. The molecule has 2 atom stereocenters. The number of aryl methyl sites for hydroxylation is 1. The van der Waals surface area contributed by atoms with Crippen LogP contribution in [0.3, 0.4) is 0 Å². The molecule has 0 amide bonds. The minimum absolute atomic E-state index is 0.443. The van der Waals surface area contributed by atoms with Gasteiger partial charge in [0, 0.05) is 12.3 Å². The third-order valence-electron chi connectivity index (χ3n) is 2.90. The van der Waals surface area contributed by atoms with Crippen LogP contribution in [-0.4, -0.2) is 19.9 Å². The Balaban J connectivity index is 3.10. The summed E-state index contributed by atoms with van der Waals surface area (Å²) in [6.07, 6.45) is 1.79. The number of sulfone groups is 1. The first kappa shape index (κ1) is 13.2. The van der Waals surface area contributed by atoms with Gasteiger partial charge in [-0.05, 0) is 24.5 Å². The second kappa shape index (κ2) is 4.97. The summed E-state index contributed by atoms with van der Waals surface area (Å²) in [5, 5.41) is -0.506. The van der Waals surface area contributed by atoms with E-state index in [1.807, 2.05) is 38.1 Å². The molecule has 2 N–H and O–H groups in total. The molecule has 16 heavy (non-hydrogen) atoms. The van der Waals surface area contributed by atoms with E-state index in [9.17, 15) is 8.42 Å². The normalized spacial score (nSPS) is 15.8. The SMILES string of the molecule is CC[C@H]([C@H](N)c1ccccc1C)S(C)(=O)=O. The lowest BCUT2D eigenvalue weighted by Gasteiger charge is -2.22. The van der Waals surface area contributed by atoms with Gasteiger partial charge in [-0.15, -0.1) is 0 Å². The van der Waals surface area contributed by atoms with Crippen molar-refractivity contribution in [3.8, 4) is 0 Å². The van der Waals surface area contributed by atoms with Gasteiger partial charge in [0.25, 0.3) is 0 Å². The first-order valence-electron chi connectivity index (χ1n) is 5.38. The average Bonchev–Trinajstić information content (AvgIpc) is 2.17. The Kier molecular flexibility index (Phi) is 4.10. The molecule has 1 aromatic carbocycles. The summed E-state index contributed by atoms with van der Waals surface area (Å²) < 4.78 is 23.2. The molecule has 0 spiro atoms. The zero-order valence-corrected chi connectivity index (χ0v) is 10.8. The van der Waals surface area contributed by atoms with E-state index in [1.165, 1.54) is 6.26 Å². The Hall–Kier alpha value is -0.870. The molecule has 0 radical (unpaired) electrons. The molecule has 0 fully saturated rings. The molecule has 4 heteroatoms. The highest BCUT2D eigenvalue weighted by molar-refractivity contribution is 7.91. The van der Waals surface area contributed by atoms with Crippen LogP contribution >= 0.6 is 0 Å². The van der Waals surface area contributed by atoms with Crippen LogP contribution in [0.1, 0.15) is 30.5 Å². The van der Waals surface area contributed by atoms with Crippen molar-refractivity contribution in [3.63, 3.8) is 0 Å². The third kappa shape index (κ3) is 2.83. The summed E-state index contributed by atoms with van der Waals surface area (Å²) in [5.74, 6) is 0. The molecule has 0 aliphatic heterocycles. The van der Waals surface area contributed by atoms with E-state index in [1.54, 1.807) is 0 Å². The van der Waals surface area contributed by atoms with Crippen molar-refractivity contribution < 1.29 is 8.42 Å². The quantitative estimate of drug-likeness (QED) is 0.874. The van der Waals surface area contributed by atoms with Crippen LogP contribution in [0.25, 0.3) is 0 Å². The number of rotatable bonds is 4. The maximum atomic E-state index is 11.6. The summed E-state index contributed by atoms with van der Waals surface area (Å²) in [6, 6.07) is 7.21.